The van der Waals surface area contributed by atoms with Crippen molar-refractivity contribution in [1.82, 2.24) is 0 Å². The van der Waals surface area contributed by atoms with Crippen LogP contribution in [0.4, 0.5) is 5.69 Å². The summed E-state index contributed by atoms with van der Waals surface area (Å²) >= 11 is 6.15. The molecule has 0 spiro atoms. The van der Waals surface area contributed by atoms with E-state index in [4.69, 9.17) is 11.6 Å². The van der Waals surface area contributed by atoms with Gasteiger partial charge in [0.15, 0.2) is 0 Å². The number of rotatable bonds is 4. The number of aliphatic hydroxyl groups is 1. The van der Waals surface area contributed by atoms with Crippen LogP contribution in [-0.2, 0) is 0 Å². The lowest BCUT2D eigenvalue weighted by Crippen LogP contribution is -2.18. The second kappa shape index (κ2) is 5.38. The van der Waals surface area contributed by atoms with Gasteiger partial charge in [-0.1, -0.05) is 24.6 Å². The molecule has 0 aromatic heterocycles. The topological polar surface area (TPSA) is 23.5 Å². The van der Waals surface area contributed by atoms with Crippen LogP contribution in [0.2, 0.25) is 5.02 Å². The van der Waals surface area contributed by atoms with Crippen molar-refractivity contribution >= 4 is 17.3 Å². The molecule has 0 radical (unpaired) electrons. The highest BCUT2D eigenvalue weighted by Gasteiger charge is 2.08. The van der Waals surface area contributed by atoms with Crippen LogP contribution in [0.15, 0.2) is 18.2 Å². The van der Waals surface area contributed by atoms with Crippen molar-refractivity contribution in [3.8, 4) is 0 Å². The minimum absolute atomic E-state index is 0.465. The van der Waals surface area contributed by atoms with Gasteiger partial charge in [-0.25, -0.2) is 0 Å². The summed E-state index contributed by atoms with van der Waals surface area (Å²) in [5.74, 6) is 0. The van der Waals surface area contributed by atoms with Crippen LogP contribution in [0.25, 0.3) is 0 Å². The van der Waals surface area contributed by atoms with E-state index in [1.54, 1.807) is 6.92 Å². The maximum atomic E-state index is 9.41. The summed E-state index contributed by atoms with van der Waals surface area (Å²) in [7, 11) is 2.02. The zero-order valence-electron chi connectivity index (χ0n) is 9.50. The molecule has 1 unspecified atom stereocenters. The number of halogens is 1. The highest BCUT2D eigenvalue weighted by atomic mass is 35.5. The highest BCUT2D eigenvalue weighted by molar-refractivity contribution is 6.33. The predicted octanol–water partition coefficient (Wildman–Crippen LogP) is 3.24. The van der Waals surface area contributed by atoms with E-state index in [2.05, 4.69) is 11.8 Å². The quantitative estimate of drug-likeness (QED) is 0.854. The van der Waals surface area contributed by atoms with Crippen LogP contribution < -0.4 is 4.90 Å². The van der Waals surface area contributed by atoms with Gasteiger partial charge in [0.2, 0.25) is 0 Å². The lowest BCUT2D eigenvalue weighted by molar-refractivity contribution is 0.199. The fourth-order valence-electron chi connectivity index (χ4n) is 1.55. The van der Waals surface area contributed by atoms with E-state index in [1.807, 2.05) is 25.2 Å². The third-order valence-electron chi connectivity index (χ3n) is 2.42. The van der Waals surface area contributed by atoms with Crippen molar-refractivity contribution in [2.75, 3.05) is 18.5 Å². The summed E-state index contributed by atoms with van der Waals surface area (Å²) in [4.78, 5) is 2.12. The van der Waals surface area contributed by atoms with Gasteiger partial charge in [-0.15, -0.1) is 0 Å². The maximum absolute atomic E-state index is 9.41. The molecule has 3 heteroatoms. The lowest BCUT2D eigenvalue weighted by atomic mass is 10.1. The Bertz CT molecular complexity index is 325. The maximum Gasteiger partial charge on any atom is 0.0762 e. The van der Waals surface area contributed by atoms with Gasteiger partial charge in [0.1, 0.15) is 0 Å². The van der Waals surface area contributed by atoms with Crippen LogP contribution in [0.1, 0.15) is 31.9 Å². The van der Waals surface area contributed by atoms with Gasteiger partial charge in [0.25, 0.3) is 0 Å². The minimum atomic E-state index is -0.465. The Morgan fingerprint density at radius 1 is 1.47 bits per heavy atom. The molecule has 1 N–H and O–H groups in total. The Balaban J connectivity index is 2.92. The van der Waals surface area contributed by atoms with Gasteiger partial charge >= 0.3 is 0 Å². The molecule has 1 aromatic rings. The van der Waals surface area contributed by atoms with Crippen molar-refractivity contribution in [3.05, 3.63) is 28.8 Å². The zero-order chi connectivity index (χ0) is 11.4. The first kappa shape index (κ1) is 12.3. The molecule has 2 nitrogen and oxygen atoms in total. The summed E-state index contributed by atoms with van der Waals surface area (Å²) in [5.41, 5.74) is 1.87. The fourth-order valence-corrected chi connectivity index (χ4v) is 1.88. The summed E-state index contributed by atoms with van der Waals surface area (Å²) in [6.45, 7) is 4.85. The number of aliphatic hydroxyl groups excluding tert-OH is 1. The summed E-state index contributed by atoms with van der Waals surface area (Å²) in [6, 6.07) is 5.70. The third kappa shape index (κ3) is 3.11. The van der Waals surface area contributed by atoms with Crippen molar-refractivity contribution in [3.63, 3.8) is 0 Å². The van der Waals surface area contributed by atoms with Gasteiger partial charge in [0.05, 0.1) is 16.8 Å². The van der Waals surface area contributed by atoms with Crippen LogP contribution in [0.3, 0.4) is 0 Å². The SMILES string of the molecule is CCCN(C)c1ccc(C(C)O)cc1Cl. The van der Waals surface area contributed by atoms with Crippen molar-refractivity contribution in [2.45, 2.75) is 26.4 Å². The number of anilines is 1. The summed E-state index contributed by atoms with van der Waals surface area (Å²) in [5, 5.41) is 10.1. The van der Waals surface area contributed by atoms with Crippen molar-refractivity contribution in [1.29, 1.82) is 0 Å². The van der Waals surface area contributed by atoms with E-state index in [0.717, 1.165) is 24.2 Å². The smallest absolute Gasteiger partial charge is 0.0762 e. The molecular formula is C12H18ClNO. The lowest BCUT2D eigenvalue weighted by Gasteiger charge is -2.20. The monoisotopic (exact) mass is 227 g/mol. The summed E-state index contributed by atoms with van der Waals surface area (Å²) in [6.07, 6.45) is 0.623. The Kier molecular flexibility index (Phi) is 4.43. The van der Waals surface area contributed by atoms with Crippen LogP contribution in [-0.4, -0.2) is 18.7 Å². The molecule has 0 heterocycles. The Labute approximate surface area is 96.5 Å². The molecule has 1 rings (SSSR count). The molecule has 0 bridgehead atoms. The Morgan fingerprint density at radius 2 is 2.13 bits per heavy atom. The molecule has 1 atom stereocenters. The summed E-state index contributed by atoms with van der Waals surface area (Å²) < 4.78 is 0. The van der Waals surface area contributed by atoms with Gasteiger partial charge in [-0.2, -0.15) is 0 Å². The van der Waals surface area contributed by atoms with Gasteiger partial charge < -0.3 is 10.0 Å². The molecule has 0 aliphatic carbocycles. The Hall–Kier alpha value is -0.730. The predicted molar refractivity (Wildman–Crippen MR) is 65.6 cm³/mol. The second-order valence-electron chi connectivity index (χ2n) is 3.81. The zero-order valence-corrected chi connectivity index (χ0v) is 10.3. The third-order valence-corrected chi connectivity index (χ3v) is 2.73. The van der Waals surface area contributed by atoms with E-state index < -0.39 is 6.10 Å². The van der Waals surface area contributed by atoms with E-state index in [0.29, 0.717) is 5.02 Å². The van der Waals surface area contributed by atoms with Gasteiger partial charge in [0, 0.05) is 13.6 Å². The molecule has 0 aliphatic heterocycles. The fraction of sp³-hybridized carbons (Fsp3) is 0.500. The minimum Gasteiger partial charge on any atom is -0.389 e. The average molecular weight is 228 g/mol. The normalized spacial score (nSPS) is 12.6. The molecule has 0 amide bonds. The molecule has 1 aromatic carbocycles. The van der Waals surface area contributed by atoms with Crippen LogP contribution >= 0.6 is 11.6 Å². The molecular weight excluding hydrogens is 210 g/mol. The van der Waals surface area contributed by atoms with E-state index in [1.165, 1.54) is 0 Å². The molecule has 0 saturated heterocycles. The van der Waals surface area contributed by atoms with Crippen molar-refractivity contribution in [2.24, 2.45) is 0 Å². The highest BCUT2D eigenvalue weighted by Crippen LogP contribution is 2.28. The number of benzene rings is 1. The molecule has 0 aliphatic rings. The second-order valence-corrected chi connectivity index (χ2v) is 4.22. The standard InChI is InChI=1S/C12H18ClNO/c1-4-7-14(3)12-6-5-10(9(2)15)8-11(12)13/h5-6,8-9,15H,4,7H2,1-3H3. The Morgan fingerprint density at radius 3 is 2.60 bits per heavy atom. The first-order chi connectivity index (χ1) is 7.06. The molecule has 15 heavy (non-hydrogen) atoms. The number of hydrogen-bond acceptors (Lipinski definition) is 2. The van der Waals surface area contributed by atoms with Crippen LogP contribution in [0.5, 0.6) is 0 Å². The van der Waals surface area contributed by atoms with Crippen molar-refractivity contribution < 1.29 is 5.11 Å². The first-order valence-corrected chi connectivity index (χ1v) is 5.62. The van der Waals surface area contributed by atoms with E-state index >= 15 is 0 Å². The van der Waals surface area contributed by atoms with E-state index in [-0.39, 0.29) is 0 Å². The van der Waals surface area contributed by atoms with Gasteiger partial charge in [-0.3, -0.25) is 0 Å². The number of hydrogen-bond donors (Lipinski definition) is 1. The molecule has 84 valence electrons. The molecule has 0 fully saturated rings. The average Bonchev–Trinajstić information content (AvgIpc) is 2.17. The molecule has 0 saturated carbocycles. The van der Waals surface area contributed by atoms with Gasteiger partial charge in [-0.05, 0) is 31.0 Å². The largest absolute Gasteiger partial charge is 0.389 e. The van der Waals surface area contributed by atoms with Crippen LogP contribution in [0, 0.1) is 0 Å². The first-order valence-electron chi connectivity index (χ1n) is 5.25. The van der Waals surface area contributed by atoms with E-state index in [9.17, 15) is 5.11 Å². The number of nitrogens with zero attached hydrogens (tertiary/aromatic N) is 1.